The highest BCUT2D eigenvalue weighted by Gasteiger charge is 2.34. The third-order valence-electron chi connectivity index (χ3n) is 4.27. The number of likely N-dealkylation sites (tertiary alicyclic amines) is 1. The first-order valence-electron chi connectivity index (χ1n) is 9.41. The van der Waals surface area contributed by atoms with Gasteiger partial charge in [-0.15, -0.1) is 24.0 Å². The first-order chi connectivity index (χ1) is 13.3. The van der Waals surface area contributed by atoms with Gasteiger partial charge in [-0.1, -0.05) is 0 Å². The van der Waals surface area contributed by atoms with Gasteiger partial charge >= 0.3 is 6.09 Å². The Balaban J connectivity index is 0.00000420. The summed E-state index contributed by atoms with van der Waals surface area (Å²) in [5.41, 5.74) is 0.582. The summed E-state index contributed by atoms with van der Waals surface area (Å²) < 4.78 is 16.1. The Kier molecular flexibility index (Phi) is 9.81. The van der Waals surface area contributed by atoms with Crippen molar-refractivity contribution in [3.63, 3.8) is 0 Å². The van der Waals surface area contributed by atoms with E-state index in [1.807, 2.05) is 39.0 Å². The Bertz CT molecular complexity index is 700. The van der Waals surface area contributed by atoms with Gasteiger partial charge in [0.15, 0.2) is 5.96 Å². The minimum Gasteiger partial charge on any atom is -0.497 e. The fourth-order valence-corrected chi connectivity index (χ4v) is 2.83. The number of nitrogens with zero attached hydrogens (tertiary/aromatic N) is 2. The van der Waals surface area contributed by atoms with Gasteiger partial charge < -0.3 is 29.7 Å². The Morgan fingerprint density at radius 3 is 2.48 bits per heavy atom. The summed E-state index contributed by atoms with van der Waals surface area (Å²) in [7, 11) is 5.03. The number of methoxy groups -OCH3 is 2. The molecule has 1 saturated heterocycles. The zero-order valence-electron chi connectivity index (χ0n) is 18.1. The van der Waals surface area contributed by atoms with Crippen LogP contribution < -0.4 is 20.1 Å². The molecule has 1 aliphatic heterocycles. The molecule has 8 nitrogen and oxygen atoms in total. The largest absolute Gasteiger partial charge is 0.497 e. The van der Waals surface area contributed by atoms with Crippen molar-refractivity contribution in [2.45, 2.75) is 38.8 Å². The topological polar surface area (TPSA) is 84.4 Å². The Morgan fingerprint density at radius 1 is 1.24 bits per heavy atom. The van der Waals surface area contributed by atoms with E-state index in [2.05, 4.69) is 15.6 Å². The number of rotatable bonds is 6. The molecule has 164 valence electrons. The lowest BCUT2D eigenvalue weighted by atomic mass is 10.1. The van der Waals surface area contributed by atoms with Gasteiger partial charge in [0.2, 0.25) is 0 Å². The number of hydrogen-bond donors (Lipinski definition) is 2. The second kappa shape index (κ2) is 11.3. The van der Waals surface area contributed by atoms with Crippen LogP contribution in [0.5, 0.6) is 11.5 Å². The molecule has 0 saturated carbocycles. The van der Waals surface area contributed by atoms with Crippen LogP contribution in [0.2, 0.25) is 0 Å². The Morgan fingerprint density at radius 2 is 1.93 bits per heavy atom. The summed E-state index contributed by atoms with van der Waals surface area (Å²) in [5, 5.41) is 6.62. The van der Waals surface area contributed by atoms with E-state index in [1.165, 1.54) is 0 Å². The lowest BCUT2D eigenvalue weighted by Crippen LogP contribution is -2.63. The molecule has 2 rings (SSSR count). The van der Waals surface area contributed by atoms with Crippen molar-refractivity contribution in [1.82, 2.24) is 15.5 Å². The van der Waals surface area contributed by atoms with E-state index in [0.717, 1.165) is 23.5 Å². The van der Waals surface area contributed by atoms with Gasteiger partial charge in [0, 0.05) is 26.7 Å². The van der Waals surface area contributed by atoms with E-state index in [0.29, 0.717) is 25.6 Å². The minimum atomic E-state index is -0.478. The predicted octanol–water partition coefficient (Wildman–Crippen LogP) is 2.65. The van der Waals surface area contributed by atoms with Gasteiger partial charge in [0.25, 0.3) is 0 Å². The van der Waals surface area contributed by atoms with Gasteiger partial charge in [-0.25, -0.2) is 4.79 Å². The fourth-order valence-electron chi connectivity index (χ4n) is 2.83. The third-order valence-corrected chi connectivity index (χ3v) is 4.27. The van der Waals surface area contributed by atoms with Crippen LogP contribution >= 0.6 is 24.0 Å². The summed E-state index contributed by atoms with van der Waals surface area (Å²) in [4.78, 5) is 17.9. The molecular formula is C20H33IN4O4. The van der Waals surface area contributed by atoms with E-state index in [9.17, 15) is 4.79 Å². The van der Waals surface area contributed by atoms with E-state index >= 15 is 0 Å². The van der Waals surface area contributed by atoms with E-state index < -0.39 is 5.60 Å². The first kappa shape index (κ1) is 25.1. The standard InChI is InChI=1S/C20H32N4O4.HI/c1-20(2,3)28-19(25)24-12-15(13-24)23-18(21-4)22-10-9-14-11-16(26-5)7-8-17(14)27-6;/h7-8,11,15H,9-10,12-13H2,1-6H3,(H2,21,22,23);1H. The minimum absolute atomic E-state index is 0. The van der Waals surface area contributed by atoms with Crippen molar-refractivity contribution >= 4 is 36.0 Å². The molecule has 0 unspecified atom stereocenters. The SMILES string of the molecule is CN=C(NCCc1cc(OC)ccc1OC)NC1CN(C(=O)OC(C)(C)C)C1.I. The highest BCUT2D eigenvalue weighted by Crippen LogP contribution is 2.24. The van der Waals surface area contributed by atoms with Crippen LogP contribution in [0.15, 0.2) is 23.2 Å². The summed E-state index contributed by atoms with van der Waals surface area (Å²) in [5.74, 6) is 2.34. The molecule has 2 N–H and O–H groups in total. The summed E-state index contributed by atoms with van der Waals surface area (Å²) in [6.45, 7) is 7.47. The molecular weight excluding hydrogens is 487 g/mol. The van der Waals surface area contributed by atoms with Gasteiger partial charge in [-0.05, 0) is 51.0 Å². The van der Waals surface area contributed by atoms with Crippen molar-refractivity contribution in [1.29, 1.82) is 0 Å². The van der Waals surface area contributed by atoms with Crippen LogP contribution in [0.25, 0.3) is 0 Å². The molecule has 0 spiro atoms. The van der Waals surface area contributed by atoms with Gasteiger partial charge in [-0.3, -0.25) is 4.99 Å². The monoisotopic (exact) mass is 520 g/mol. The number of amides is 1. The number of carbonyl (C=O) groups excluding carboxylic acids is 1. The molecule has 1 heterocycles. The second-order valence-corrected chi connectivity index (χ2v) is 7.65. The quantitative estimate of drug-likeness (QED) is 0.341. The van der Waals surface area contributed by atoms with E-state index in [1.54, 1.807) is 26.2 Å². The summed E-state index contributed by atoms with van der Waals surface area (Å²) >= 11 is 0. The van der Waals surface area contributed by atoms with Crippen LogP contribution in [0.4, 0.5) is 4.79 Å². The molecule has 0 bridgehead atoms. The smallest absolute Gasteiger partial charge is 0.410 e. The maximum Gasteiger partial charge on any atom is 0.410 e. The van der Waals surface area contributed by atoms with Gasteiger partial charge in [-0.2, -0.15) is 0 Å². The third kappa shape index (κ3) is 7.79. The lowest BCUT2D eigenvalue weighted by molar-refractivity contribution is 0.00701. The molecule has 29 heavy (non-hydrogen) atoms. The van der Waals surface area contributed by atoms with Crippen molar-refractivity contribution in [3.8, 4) is 11.5 Å². The number of benzene rings is 1. The highest BCUT2D eigenvalue weighted by atomic mass is 127. The zero-order valence-corrected chi connectivity index (χ0v) is 20.4. The number of aliphatic imine (C=N–C) groups is 1. The summed E-state index contributed by atoms with van der Waals surface area (Å²) in [6, 6.07) is 5.91. The molecule has 0 atom stereocenters. The highest BCUT2D eigenvalue weighted by molar-refractivity contribution is 14.0. The normalized spacial score (nSPS) is 14.4. The zero-order chi connectivity index (χ0) is 20.7. The average Bonchev–Trinajstić information content (AvgIpc) is 2.60. The van der Waals surface area contributed by atoms with Crippen molar-refractivity contribution in [2.24, 2.45) is 4.99 Å². The fraction of sp³-hybridized carbons (Fsp3) is 0.600. The second-order valence-electron chi connectivity index (χ2n) is 7.65. The maximum atomic E-state index is 12.0. The Hall–Kier alpha value is -1.91. The first-order valence-corrected chi connectivity index (χ1v) is 9.41. The van der Waals surface area contributed by atoms with Crippen LogP contribution in [0.1, 0.15) is 26.3 Å². The molecule has 0 aliphatic carbocycles. The van der Waals surface area contributed by atoms with Crippen molar-refractivity contribution < 1.29 is 19.0 Å². The number of hydrogen-bond acceptors (Lipinski definition) is 5. The van der Waals surface area contributed by atoms with E-state index in [4.69, 9.17) is 14.2 Å². The molecule has 1 aromatic carbocycles. The molecule has 0 radical (unpaired) electrons. The van der Waals surface area contributed by atoms with Gasteiger partial charge in [0.1, 0.15) is 17.1 Å². The van der Waals surface area contributed by atoms with E-state index in [-0.39, 0.29) is 36.1 Å². The van der Waals surface area contributed by atoms with Crippen molar-refractivity contribution in [3.05, 3.63) is 23.8 Å². The van der Waals surface area contributed by atoms with Crippen LogP contribution in [-0.2, 0) is 11.2 Å². The molecule has 0 aromatic heterocycles. The molecule has 1 aromatic rings. The summed E-state index contributed by atoms with van der Waals surface area (Å²) in [6.07, 6.45) is 0.481. The average molecular weight is 520 g/mol. The number of guanidine groups is 1. The van der Waals surface area contributed by atoms with Crippen molar-refractivity contribution in [2.75, 3.05) is 40.9 Å². The molecule has 1 aliphatic rings. The number of ether oxygens (including phenoxy) is 3. The van der Waals surface area contributed by atoms with Crippen LogP contribution in [0.3, 0.4) is 0 Å². The number of halogens is 1. The van der Waals surface area contributed by atoms with Gasteiger partial charge in [0.05, 0.1) is 20.3 Å². The number of nitrogens with one attached hydrogen (secondary N) is 2. The lowest BCUT2D eigenvalue weighted by Gasteiger charge is -2.40. The molecule has 1 fully saturated rings. The van der Waals surface area contributed by atoms with Crippen LogP contribution in [-0.4, -0.2) is 69.5 Å². The number of carbonyl (C=O) groups is 1. The molecule has 1 amide bonds. The molecule has 9 heteroatoms. The Labute approximate surface area is 190 Å². The maximum absolute atomic E-state index is 12.0. The van der Waals surface area contributed by atoms with Crippen LogP contribution in [0, 0.1) is 0 Å². The predicted molar refractivity (Wildman–Crippen MR) is 125 cm³/mol.